The van der Waals surface area contributed by atoms with Crippen molar-refractivity contribution < 1.29 is 23.1 Å². The second kappa shape index (κ2) is 9.04. The van der Waals surface area contributed by atoms with E-state index in [1.807, 2.05) is 24.6 Å². The molecule has 202 valence electrons. The Bertz CT molecular complexity index is 1570. The number of hydrogen-bond donors (Lipinski definition) is 1. The summed E-state index contributed by atoms with van der Waals surface area (Å²) in [6.45, 7) is 5.61. The molecule has 0 saturated heterocycles. The van der Waals surface area contributed by atoms with Gasteiger partial charge in [-0.25, -0.2) is 15.0 Å². The zero-order valence-electron chi connectivity index (χ0n) is 21.6. The van der Waals surface area contributed by atoms with Crippen molar-refractivity contribution in [1.82, 2.24) is 24.1 Å². The van der Waals surface area contributed by atoms with Crippen LogP contribution in [-0.4, -0.2) is 47.5 Å². The highest BCUT2D eigenvalue weighted by atomic mass is 19.4. The number of carbonyl (C=O) groups excluding carboxylic acids is 1. The van der Waals surface area contributed by atoms with Gasteiger partial charge in [-0.3, -0.25) is 9.69 Å². The number of nitrogens with zero attached hydrogens (tertiary/aromatic N) is 6. The van der Waals surface area contributed by atoms with Crippen LogP contribution >= 0.6 is 0 Å². The summed E-state index contributed by atoms with van der Waals surface area (Å²) in [5.74, 6) is -2.27. The number of aryl methyl sites for hydroxylation is 1. The van der Waals surface area contributed by atoms with Gasteiger partial charge < -0.3 is 14.2 Å². The summed E-state index contributed by atoms with van der Waals surface area (Å²) >= 11 is 0. The molecule has 0 radical (unpaired) electrons. The number of amides is 1. The topological polar surface area (TPSA) is 89.1 Å². The Hall–Kier alpha value is -3.99. The second-order valence-corrected chi connectivity index (χ2v) is 10.4. The Kier molecular flexibility index (Phi) is 5.87. The van der Waals surface area contributed by atoms with Crippen LogP contribution in [0.15, 0.2) is 55.2 Å². The van der Waals surface area contributed by atoms with E-state index in [-0.39, 0.29) is 23.0 Å². The molecule has 1 aliphatic heterocycles. The number of fused-ring (bicyclic) bond motifs is 1. The fourth-order valence-electron chi connectivity index (χ4n) is 5.25. The SMILES string of the molecule is Cc1cc2c(cc1-n1cnc(C3CC3)c1)C(=O)N(c1cccc(-c3nccn3C(C)C)n1)C(O)C2C(F)(F)F. The predicted molar refractivity (Wildman–Crippen MR) is 138 cm³/mol. The first-order valence-corrected chi connectivity index (χ1v) is 12.8. The predicted octanol–water partition coefficient (Wildman–Crippen LogP) is 5.52. The Morgan fingerprint density at radius 3 is 2.59 bits per heavy atom. The molecule has 2 atom stereocenters. The lowest BCUT2D eigenvalue weighted by Gasteiger charge is -2.39. The van der Waals surface area contributed by atoms with Crippen LogP contribution in [0.2, 0.25) is 0 Å². The molecule has 1 saturated carbocycles. The molecule has 8 nitrogen and oxygen atoms in total. The highest BCUT2D eigenvalue weighted by molar-refractivity contribution is 6.09. The number of pyridine rings is 1. The Morgan fingerprint density at radius 2 is 1.90 bits per heavy atom. The second-order valence-electron chi connectivity index (χ2n) is 10.4. The average Bonchev–Trinajstić information content (AvgIpc) is 3.39. The molecule has 1 N–H and O–H groups in total. The molecule has 4 aromatic rings. The molecule has 6 rings (SSSR count). The van der Waals surface area contributed by atoms with Crippen molar-refractivity contribution in [3.63, 3.8) is 0 Å². The number of aliphatic hydroxyl groups excluding tert-OH is 1. The molecule has 1 aliphatic carbocycles. The Labute approximate surface area is 222 Å². The average molecular weight is 537 g/mol. The quantitative estimate of drug-likeness (QED) is 0.363. The maximum Gasteiger partial charge on any atom is 0.400 e. The monoisotopic (exact) mass is 536 g/mol. The third-order valence-electron chi connectivity index (χ3n) is 7.38. The summed E-state index contributed by atoms with van der Waals surface area (Å²) in [6.07, 6.45) is 1.96. The van der Waals surface area contributed by atoms with E-state index in [9.17, 15) is 23.1 Å². The number of rotatable bonds is 5. The van der Waals surface area contributed by atoms with Gasteiger partial charge in [-0.1, -0.05) is 12.1 Å². The molecular weight excluding hydrogens is 509 g/mol. The number of alkyl halides is 3. The fourth-order valence-corrected chi connectivity index (χ4v) is 5.25. The van der Waals surface area contributed by atoms with E-state index in [4.69, 9.17) is 0 Å². The summed E-state index contributed by atoms with van der Waals surface area (Å²) < 4.78 is 46.9. The van der Waals surface area contributed by atoms with E-state index >= 15 is 0 Å². The highest BCUT2D eigenvalue weighted by Crippen LogP contribution is 2.46. The van der Waals surface area contributed by atoms with Crippen LogP contribution in [0.4, 0.5) is 19.0 Å². The summed E-state index contributed by atoms with van der Waals surface area (Å²) in [6, 6.07) is 7.53. The van der Waals surface area contributed by atoms with Gasteiger partial charge in [0.25, 0.3) is 5.91 Å². The van der Waals surface area contributed by atoms with Gasteiger partial charge in [-0.2, -0.15) is 13.2 Å². The van der Waals surface area contributed by atoms with Crippen LogP contribution in [0.1, 0.15) is 71.7 Å². The number of aliphatic hydroxyl groups is 1. The van der Waals surface area contributed by atoms with E-state index in [1.54, 1.807) is 42.3 Å². The van der Waals surface area contributed by atoms with Crippen LogP contribution in [0.25, 0.3) is 17.2 Å². The van der Waals surface area contributed by atoms with Crippen LogP contribution in [-0.2, 0) is 0 Å². The van der Waals surface area contributed by atoms with Crippen molar-refractivity contribution in [2.24, 2.45) is 0 Å². The maximum atomic E-state index is 14.4. The normalized spacial score (nSPS) is 19.6. The first kappa shape index (κ1) is 25.3. The number of carbonyl (C=O) groups is 1. The molecular formula is C28H27F3N6O2. The minimum absolute atomic E-state index is 0.0573. The van der Waals surface area contributed by atoms with Crippen molar-refractivity contribution in [3.05, 3.63) is 77.6 Å². The third kappa shape index (κ3) is 4.30. The number of imidazole rings is 2. The Balaban J connectivity index is 1.47. The zero-order valence-corrected chi connectivity index (χ0v) is 21.6. The molecule has 2 unspecified atom stereocenters. The third-order valence-corrected chi connectivity index (χ3v) is 7.38. The van der Waals surface area contributed by atoms with E-state index in [1.165, 1.54) is 18.2 Å². The van der Waals surface area contributed by atoms with E-state index in [2.05, 4.69) is 15.0 Å². The molecule has 1 fully saturated rings. The minimum atomic E-state index is -4.82. The van der Waals surface area contributed by atoms with Crippen LogP contribution < -0.4 is 4.90 Å². The van der Waals surface area contributed by atoms with Crippen LogP contribution in [0, 0.1) is 6.92 Å². The zero-order chi connectivity index (χ0) is 27.6. The van der Waals surface area contributed by atoms with Gasteiger partial charge in [0, 0.05) is 36.1 Å². The fraction of sp³-hybridized carbons (Fsp3) is 0.357. The standard InChI is InChI=1S/C28H27F3N6O2/c1-15(2)36-10-9-32-25(36)20-5-4-6-23(34-20)37-26(38)19-12-22(35-13-21(33-14-35)17-7-8-17)16(3)11-18(19)24(27(37)39)28(29,30)31/h4-6,9-15,17,24,27,39H,7-8H2,1-3H3. The van der Waals surface area contributed by atoms with Crippen LogP contribution in [0.3, 0.4) is 0 Å². The Morgan fingerprint density at radius 1 is 1.13 bits per heavy atom. The molecule has 11 heteroatoms. The van der Waals surface area contributed by atoms with E-state index < -0.39 is 24.2 Å². The van der Waals surface area contributed by atoms with Gasteiger partial charge in [0.1, 0.15) is 17.4 Å². The van der Waals surface area contributed by atoms with Crippen molar-refractivity contribution >= 4 is 11.7 Å². The number of benzene rings is 1. The van der Waals surface area contributed by atoms with Gasteiger partial charge in [-0.15, -0.1) is 0 Å². The van der Waals surface area contributed by atoms with Gasteiger partial charge in [0.2, 0.25) is 0 Å². The summed E-state index contributed by atoms with van der Waals surface area (Å²) in [7, 11) is 0. The minimum Gasteiger partial charge on any atom is -0.372 e. The van der Waals surface area contributed by atoms with Gasteiger partial charge >= 0.3 is 6.18 Å². The van der Waals surface area contributed by atoms with Crippen molar-refractivity contribution in [2.45, 2.75) is 63.9 Å². The molecule has 39 heavy (non-hydrogen) atoms. The van der Waals surface area contributed by atoms with Crippen molar-refractivity contribution in [3.8, 4) is 17.2 Å². The van der Waals surface area contributed by atoms with Crippen molar-refractivity contribution in [1.29, 1.82) is 0 Å². The van der Waals surface area contributed by atoms with Gasteiger partial charge in [-0.05, 0) is 62.9 Å². The molecule has 4 heterocycles. The summed E-state index contributed by atoms with van der Waals surface area (Å²) in [5.41, 5.74) is 1.99. The van der Waals surface area contributed by atoms with Crippen molar-refractivity contribution in [2.75, 3.05) is 4.90 Å². The summed E-state index contributed by atoms with van der Waals surface area (Å²) in [4.78, 5) is 27.8. The molecule has 1 amide bonds. The van der Waals surface area contributed by atoms with Crippen LogP contribution in [0.5, 0.6) is 0 Å². The number of hydrogen-bond acceptors (Lipinski definition) is 5. The molecule has 0 bridgehead atoms. The lowest BCUT2D eigenvalue weighted by atomic mass is 9.85. The molecule has 1 aromatic carbocycles. The first-order valence-electron chi connectivity index (χ1n) is 12.8. The largest absolute Gasteiger partial charge is 0.400 e. The lowest BCUT2D eigenvalue weighted by Crippen LogP contribution is -2.52. The van der Waals surface area contributed by atoms with Gasteiger partial charge in [0.05, 0.1) is 17.7 Å². The number of halogens is 3. The summed E-state index contributed by atoms with van der Waals surface area (Å²) in [5, 5.41) is 11.1. The highest BCUT2D eigenvalue weighted by Gasteiger charge is 2.53. The molecule has 0 spiro atoms. The smallest absolute Gasteiger partial charge is 0.372 e. The van der Waals surface area contributed by atoms with E-state index in [0.29, 0.717) is 28.7 Å². The number of aromatic nitrogens is 5. The molecule has 3 aromatic heterocycles. The maximum absolute atomic E-state index is 14.4. The lowest BCUT2D eigenvalue weighted by molar-refractivity contribution is -0.172. The number of anilines is 1. The first-order chi connectivity index (χ1) is 18.5. The van der Waals surface area contributed by atoms with Gasteiger partial charge in [0.15, 0.2) is 12.1 Å². The molecule has 2 aliphatic rings. The van der Waals surface area contributed by atoms with E-state index in [0.717, 1.165) is 23.4 Å².